The largest absolute Gasteiger partial charge is 0.352 e. The number of carbonyl (C=O) groups excluding carboxylic acids is 2. The van der Waals surface area contributed by atoms with E-state index in [2.05, 4.69) is 14.9 Å². The average Bonchev–Trinajstić information content (AvgIpc) is 2.90. The van der Waals surface area contributed by atoms with Gasteiger partial charge in [-0.15, -0.1) is 0 Å². The minimum atomic E-state index is -0.260. The first-order valence-electron chi connectivity index (χ1n) is 7.69. The second-order valence-corrected chi connectivity index (χ2v) is 5.83. The van der Waals surface area contributed by atoms with Crippen molar-refractivity contribution >= 4 is 11.8 Å². The van der Waals surface area contributed by atoms with Gasteiger partial charge >= 0.3 is 0 Å². The van der Waals surface area contributed by atoms with E-state index in [0.29, 0.717) is 26.2 Å². The summed E-state index contributed by atoms with van der Waals surface area (Å²) in [5, 5.41) is 2.95. The molecule has 0 saturated heterocycles. The molecule has 23 heavy (non-hydrogen) atoms. The molecule has 1 unspecified atom stereocenters. The van der Waals surface area contributed by atoms with E-state index in [0.717, 1.165) is 11.3 Å². The van der Waals surface area contributed by atoms with Gasteiger partial charge in [-0.1, -0.05) is 6.07 Å². The summed E-state index contributed by atoms with van der Waals surface area (Å²) in [6.45, 7) is 3.57. The van der Waals surface area contributed by atoms with E-state index in [1.807, 2.05) is 30.5 Å². The van der Waals surface area contributed by atoms with Gasteiger partial charge in [0, 0.05) is 50.8 Å². The van der Waals surface area contributed by atoms with Crippen LogP contribution in [0.1, 0.15) is 18.2 Å². The van der Waals surface area contributed by atoms with Crippen LogP contribution in [-0.4, -0.2) is 32.8 Å². The fourth-order valence-electron chi connectivity index (χ4n) is 2.83. The van der Waals surface area contributed by atoms with E-state index in [-0.39, 0.29) is 17.7 Å². The smallest absolute Gasteiger partial charge is 0.226 e. The molecule has 0 spiro atoms. The molecule has 0 aliphatic carbocycles. The van der Waals surface area contributed by atoms with Gasteiger partial charge in [0.05, 0.1) is 12.5 Å². The lowest BCUT2D eigenvalue weighted by molar-refractivity contribution is -0.132. The fourth-order valence-corrected chi connectivity index (χ4v) is 2.83. The predicted octanol–water partition coefficient (Wildman–Crippen LogP) is 1.18. The van der Waals surface area contributed by atoms with Crippen molar-refractivity contribution in [2.24, 2.45) is 5.92 Å². The predicted molar refractivity (Wildman–Crippen MR) is 85.1 cm³/mol. The first kappa shape index (κ1) is 15.3. The van der Waals surface area contributed by atoms with Crippen molar-refractivity contribution in [1.82, 2.24) is 19.8 Å². The molecule has 0 aromatic carbocycles. The van der Waals surface area contributed by atoms with E-state index < -0.39 is 0 Å². The number of carbonyl (C=O) groups is 2. The minimum absolute atomic E-state index is 0.00953. The maximum Gasteiger partial charge on any atom is 0.226 e. The highest BCUT2D eigenvalue weighted by Crippen LogP contribution is 2.17. The van der Waals surface area contributed by atoms with E-state index in [1.54, 1.807) is 24.2 Å². The molecule has 0 bridgehead atoms. The SMILES string of the molecule is CC(=O)N1Cc2cccn2CC(C(=O)NCc2cccnc2)C1. The Kier molecular flexibility index (Phi) is 4.41. The van der Waals surface area contributed by atoms with Gasteiger partial charge in [-0.05, 0) is 23.8 Å². The molecule has 2 aromatic rings. The van der Waals surface area contributed by atoms with Gasteiger partial charge in [-0.3, -0.25) is 14.6 Å². The van der Waals surface area contributed by atoms with Crippen LogP contribution in [0.2, 0.25) is 0 Å². The number of hydrogen-bond acceptors (Lipinski definition) is 3. The molecular weight excluding hydrogens is 292 g/mol. The van der Waals surface area contributed by atoms with Crippen molar-refractivity contribution in [3.05, 3.63) is 54.1 Å². The number of amides is 2. The quantitative estimate of drug-likeness (QED) is 0.925. The number of aromatic nitrogens is 2. The maximum absolute atomic E-state index is 12.5. The Morgan fingerprint density at radius 2 is 2.17 bits per heavy atom. The number of fused-ring (bicyclic) bond motifs is 1. The third kappa shape index (κ3) is 3.59. The summed E-state index contributed by atoms with van der Waals surface area (Å²) < 4.78 is 2.05. The molecule has 1 N–H and O–H groups in total. The number of hydrogen-bond donors (Lipinski definition) is 1. The molecule has 0 saturated carbocycles. The van der Waals surface area contributed by atoms with Crippen molar-refractivity contribution in [2.75, 3.05) is 6.54 Å². The van der Waals surface area contributed by atoms with Crippen LogP contribution in [0.4, 0.5) is 0 Å². The summed E-state index contributed by atoms with van der Waals surface area (Å²) in [4.78, 5) is 30.1. The fraction of sp³-hybridized carbons (Fsp3) is 0.353. The Morgan fingerprint density at radius 1 is 1.30 bits per heavy atom. The lowest BCUT2D eigenvalue weighted by atomic mass is 10.1. The van der Waals surface area contributed by atoms with Gasteiger partial charge < -0.3 is 14.8 Å². The summed E-state index contributed by atoms with van der Waals surface area (Å²) in [6, 6.07) is 7.71. The van der Waals surface area contributed by atoms with Crippen LogP contribution < -0.4 is 5.32 Å². The second-order valence-electron chi connectivity index (χ2n) is 5.83. The highest BCUT2D eigenvalue weighted by atomic mass is 16.2. The van der Waals surface area contributed by atoms with E-state index in [1.165, 1.54) is 0 Å². The third-order valence-electron chi connectivity index (χ3n) is 4.14. The molecule has 1 aliphatic heterocycles. The van der Waals surface area contributed by atoms with Crippen LogP contribution in [0.3, 0.4) is 0 Å². The van der Waals surface area contributed by atoms with Crippen molar-refractivity contribution < 1.29 is 9.59 Å². The van der Waals surface area contributed by atoms with E-state index in [9.17, 15) is 9.59 Å². The van der Waals surface area contributed by atoms with E-state index >= 15 is 0 Å². The lowest BCUT2D eigenvalue weighted by Crippen LogP contribution is -2.40. The van der Waals surface area contributed by atoms with Crippen LogP contribution in [0, 0.1) is 5.92 Å². The monoisotopic (exact) mass is 312 g/mol. The Bertz CT molecular complexity index is 696. The van der Waals surface area contributed by atoms with Crippen molar-refractivity contribution in [1.29, 1.82) is 0 Å². The van der Waals surface area contributed by atoms with Gasteiger partial charge in [0.25, 0.3) is 0 Å². The molecule has 0 radical (unpaired) electrons. The Labute approximate surface area is 135 Å². The lowest BCUT2D eigenvalue weighted by Gasteiger charge is -2.22. The van der Waals surface area contributed by atoms with Crippen LogP contribution in [0.5, 0.6) is 0 Å². The third-order valence-corrected chi connectivity index (χ3v) is 4.14. The van der Waals surface area contributed by atoms with Crippen molar-refractivity contribution in [2.45, 2.75) is 26.6 Å². The minimum Gasteiger partial charge on any atom is -0.352 e. The number of rotatable bonds is 3. The number of nitrogens with one attached hydrogen (secondary N) is 1. The zero-order valence-corrected chi connectivity index (χ0v) is 13.1. The molecule has 3 heterocycles. The Balaban J connectivity index is 1.70. The Hall–Kier alpha value is -2.63. The molecule has 1 atom stereocenters. The maximum atomic E-state index is 12.5. The second kappa shape index (κ2) is 6.64. The summed E-state index contributed by atoms with van der Waals surface area (Å²) in [6.07, 6.45) is 5.40. The molecule has 3 rings (SSSR count). The number of pyridine rings is 1. The highest BCUT2D eigenvalue weighted by molar-refractivity contribution is 5.80. The highest BCUT2D eigenvalue weighted by Gasteiger charge is 2.27. The average molecular weight is 312 g/mol. The molecule has 2 amide bonds. The summed E-state index contributed by atoms with van der Waals surface area (Å²) in [5.41, 5.74) is 2.02. The van der Waals surface area contributed by atoms with Gasteiger partial charge in [0.15, 0.2) is 0 Å². The van der Waals surface area contributed by atoms with Gasteiger partial charge in [0.1, 0.15) is 0 Å². The molecule has 2 aromatic heterocycles. The molecular formula is C17H20N4O2. The summed E-state index contributed by atoms with van der Waals surface area (Å²) in [7, 11) is 0. The zero-order valence-electron chi connectivity index (χ0n) is 13.1. The molecule has 6 heteroatoms. The first-order chi connectivity index (χ1) is 11.1. The van der Waals surface area contributed by atoms with Crippen LogP contribution in [-0.2, 0) is 29.2 Å². The standard InChI is InChI=1S/C17H20N4O2/c1-13(22)21-11-15(10-20-7-3-5-16(20)12-21)17(23)19-9-14-4-2-6-18-8-14/h2-8,15H,9-12H2,1H3,(H,19,23). The zero-order chi connectivity index (χ0) is 16.2. The van der Waals surface area contributed by atoms with E-state index in [4.69, 9.17) is 0 Å². The summed E-state index contributed by atoms with van der Waals surface area (Å²) in [5.74, 6) is -0.310. The van der Waals surface area contributed by atoms with Crippen molar-refractivity contribution in [3.63, 3.8) is 0 Å². The topological polar surface area (TPSA) is 67.2 Å². The van der Waals surface area contributed by atoms with Gasteiger partial charge in [0.2, 0.25) is 11.8 Å². The van der Waals surface area contributed by atoms with Crippen LogP contribution in [0.25, 0.3) is 0 Å². The van der Waals surface area contributed by atoms with Gasteiger partial charge in [-0.2, -0.15) is 0 Å². The molecule has 6 nitrogen and oxygen atoms in total. The van der Waals surface area contributed by atoms with Crippen LogP contribution >= 0.6 is 0 Å². The molecule has 0 fully saturated rings. The summed E-state index contributed by atoms with van der Waals surface area (Å²) >= 11 is 0. The van der Waals surface area contributed by atoms with Crippen LogP contribution in [0.15, 0.2) is 42.9 Å². The van der Waals surface area contributed by atoms with Crippen molar-refractivity contribution in [3.8, 4) is 0 Å². The normalized spacial score (nSPS) is 17.3. The van der Waals surface area contributed by atoms with Gasteiger partial charge in [-0.25, -0.2) is 0 Å². The Morgan fingerprint density at radius 3 is 2.91 bits per heavy atom. The molecule has 1 aliphatic rings. The first-order valence-corrected chi connectivity index (χ1v) is 7.69. The number of nitrogens with zero attached hydrogens (tertiary/aromatic N) is 3. The molecule has 120 valence electrons.